The highest BCUT2D eigenvalue weighted by molar-refractivity contribution is 7.89. The molecule has 1 fully saturated rings. The Kier molecular flexibility index (Phi) is 6.45. The van der Waals surface area contributed by atoms with Crippen LogP contribution in [0.1, 0.15) is 10.4 Å². The molecule has 0 spiro atoms. The molecule has 1 unspecified atom stereocenters. The number of piperazine rings is 1. The average Bonchev–Trinajstić information content (AvgIpc) is 2.74. The number of halogens is 2. The van der Waals surface area contributed by atoms with Crippen LogP contribution in [0, 0.1) is 0 Å². The number of nitrogens with one attached hydrogen (secondary N) is 1. The van der Waals surface area contributed by atoms with Gasteiger partial charge in [0.1, 0.15) is 6.04 Å². The third-order valence-corrected chi connectivity index (χ3v) is 7.21. The molecule has 0 radical (unpaired) electrons. The van der Waals surface area contributed by atoms with Crippen molar-refractivity contribution in [2.45, 2.75) is 10.9 Å². The fraction of sp³-hybridized carbons (Fsp3) is 0.222. The molecule has 0 aromatic heterocycles. The Morgan fingerprint density at radius 2 is 1.72 bits per heavy atom. The first-order chi connectivity index (χ1) is 13.8. The molecule has 3 rings (SSSR count). The minimum Gasteiger partial charge on any atom is -0.335 e. The molecule has 1 aliphatic rings. The lowest BCUT2D eigenvalue weighted by Gasteiger charge is -2.39. The van der Waals surface area contributed by atoms with E-state index in [4.69, 9.17) is 28.4 Å². The summed E-state index contributed by atoms with van der Waals surface area (Å²) in [6, 6.07) is 10.7. The van der Waals surface area contributed by atoms with E-state index in [0.29, 0.717) is 5.02 Å². The van der Waals surface area contributed by atoms with Gasteiger partial charge in [0.25, 0.3) is 11.8 Å². The number of benzene rings is 2. The molecule has 0 aliphatic carbocycles. The van der Waals surface area contributed by atoms with Crippen molar-refractivity contribution in [1.29, 1.82) is 0 Å². The molecular weight excluding hydrogens is 441 g/mol. The zero-order valence-electron chi connectivity index (χ0n) is 15.0. The van der Waals surface area contributed by atoms with E-state index in [1.807, 2.05) is 0 Å². The molecule has 1 aliphatic heterocycles. The predicted molar refractivity (Wildman–Crippen MR) is 106 cm³/mol. The first-order valence-corrected chi connectivity index (χ1v) is 10.7. The van der Waals surface area contributed by atoms with E-state index in [-0.39, 0.29) is 35.1 Å². The maximum Gasteiger partial charge on any atom is 0.263 e. The quantitative estimate of drug-likeness (QED) is 0.539. The lowest BCUT2D eigenvalue weighted by atomic mass is 10.1. The number of hydrogen-bond acceptors (Lipinski definition) is 5. The van der Waals surface area contributed by atoms with Gasteiger partial charge in [-0.05, 0) is 30.3 Å². The number of nitrogens with zero attached hydrogens (tertiary/aromatic N) is 2. The van der Waals surface area contributed by atoms with Crippen LogP contribution in [0.4, 0.5) is 0 Å². The second kappa shape index (κ2) is 8.68. The molecule has 0 saturated carbocycles. The Labute approximate surface area is 177 Å². The minimum absolute atomic E-state index is 0.0139. The lowest BCUT2D eigenvalue weighted by Crippen LogP contribution is -2.61. The predicted octanol–water partition coefficient (Wildman–Crippen LogP) is 2.01. The maximum absolute atomic E-state index is 13.0. The number of rotatable bonds is 4. The van der Waals surface area contributed by atoms with Gasteiger partial charge in [0.05, 0.1) is 14.9 Å². The van der Waals surface area contributed by atoms with Gasteiger partial charge in [0, 0.05) is 25.2 Å². The summed E-state index contributed by atoms with van der Waals surface area (Å²) in [7, 11) is -4.01. The Balaban J connectivity index is 1.88. The summed E-state index contributed by atoms with van der Waals surface area (Å²) in [6.45, 7) is -0.305. The second-order valence-corrected chi connectivity index (χ2v) is 9.01. The lowest BCUT2D eigenvalue weighted by molar-refractivity contribution is -0.134. The normalized spacial score (nSPS) is 17.8. The summed E-state index contributed by atoms with van der Waals surface area (Å²) >= 11 is 11.8. The van der Waals surface area contributed by atoms with E-state index in [1.165, 1.54) is 40.7 Å². The van der Waals surface area contributed by atoms with Gasteiger partial charge in [-0.25, -0.2) is 13.9 Å². The zero-order chi connectivity index (χ0) is 21.2. The topological polar surface area (TPSA) is 107 Å². The largest absolute Gasteiger partial charge is 0.335 e. The minimum atomic E-state index is -4.01. The monoisotopic (exact) mass is 457 g/mol. The van der Waals surface area contributed by atoms with Crippen molar-refractivity contribution in [1.82, 2.24) is 14.7 Å². The highest BCUT2D eigenvalue weighted by Crippen LogP contribution is 2.25. The fourth-order valence-corrected chi connectivity index (χ4v) is 4.96. The Bertz CT molecular complexity index is 1030. The fourth-order valence-electron chi connectivity index (χ4n) is 3.07. The highest BCUT2D eigenvalue weighted by atomic mass is 35.5. The summed E-state index contributed by atoms with van der Waals surface area (Å²) < 4.78 is 26.9. The summed E-state index contributed by atoms with van der Waals surface area (Å²) in [4.78, 5) is 26.4. The Morgan fingerprint density at radius 3 is 2.34 bits per heavy atom. The van der Waals surface area contributed by atoms with Crippen LogP contribution in [0.3, 0.4) is 0 Å². The number of carbonyl (C=O) groups excluding carboxylic acids is 2. The van der Waals surface area contributed by atoms with E-state index in [2.05, 4.69) is 0 Å². The van der Waals surface area contributed by atoms with Gasteiger partial charge in [0.15, 0.2) is 0 Å². The molecular formula is C18H17Cl2N3O5S. The van der Waals surface area contributed by atoms with Crippen molar-refractivity contribution >= 4 is 45.0 Å². The van der Waals surface area contributed by atoms with Gasteiger partial charge in [-0.3, -0.25) is 14.8 Å². The van der Waals surface area contributed by atoms with E-state index in [1.54, 1.807) is 18.2 Å². The van der Waals surface area contributed by atoms with E-state index < -0.39 is 27.9 Å². The van der Waals surface area contributed by atoms with E-state index >= 15 is 0 Å². The van der Waals surface area contributed by atoms with Gasteiger partial charge >= 0.3 is 0 Å². The molecule has 154 valence electrons. The first kappa shape index (κ1) is 21.5. The number of amides is 2. The Hall–Kier alpha value is -2.17. The van der Waals surface area contributed by atoms with E-state index in [0.717, 1.165) is 4.31 Å². The number of sulfonamides is 1. The SMILES string of the molecule is O=C(NO)C1CN(C(=O)c2ccc(Cl)c(Cl)c2)CCN1S(=O)(=O)c1ccccc1. The van der Waals surface area contributed by atoms with Gasteiger partial charge < -0.3 is 4.90 Å². The standard InChI is InChI=1S/C18H17Cl2N3O5S/c19-14-7-6-12(10-15(14)20)18(25)22-8-9-23(16(11-22)17(24)21-26)29(27,28)13-4-2-1-3-5-13/h1-7,10,16,26H,8-9,11H2,(H,21,24). The van der Waals surface area contributed by atoms with Crippen LogP contribution in [0.2, 0.25) is 10.0 Å². The third kappa shape index (κ3) is 4.39. The molecule has 0 bridgehead atoms. The molecule has 1 atom stereocenters. The van der Waals surface area contributed by atoms with Crippen LogP contribution in [-0.2, 0) is 14.8 Å². The van der Waals surface area contributed by atoms with Crippen LogP contribution >= 0.6 is 23.2 Å². The molecule has 2 aromatic carbocycles. The smallest absolute Gasteiger partial charge is 0.263 e. The molecule has 1 heterocycles. The van der Waals surface area contributed by atoms with E-state index in [9.17, 15) is 18.0 Å². The van der Waals surface area contributed by atoms with Crippen LogP contribution in [0.5, 0.6) is 0 Å². The van der Waals surface area contributed by atoms with Gasteiger partial charge in [-0.15, -0.1) is 0 Å². The molecule has 1 saturated heterocycles. The van der Waals surface area contributed by atoms with Crippen molar-refractivity contribution in [3.8, 4) is 0 Å². The average molecular weight is 458 g/mol. The van der Waals surface area contributed by atoms with Crippen molar-refractivity contribution < 1.29 is 23.2 Å². The van der Waals surface area contributed by atoms with Crippen LogP contribution in [0.15, 0.2) is 53.4 Å². The van der Waals surface area contributed by atoms with Crippen LogP contribution in [0.25, 0.3) is 0 Å². The number of hydrogen-bond donors (Lipinski definition) is 2. The van der Waals surface area contributed by atoms with Gasteiger partial charge in [-0.2, -0.15) is 4.31 Å². The molecule has 2 amide bonds. The van der Waals surface area contributed by atoms with Crippen LogP contribution in [-0.4, -0.2) is 60.3 Å². The van der Waals surface area contributed by atoms with Crippen LogP contribution < -0.4 is 5.48 Å². The molecule has 8 nitrogen and oxygen atoms in total. The number of carbonyl (C=O) groups is 2. The van der Waals surface area contributed by atoms with Crippen molar-refractivity contribution in [3.05, 3.63) is 64.1 Å². The van der Waals surface area contributed by atoms with Crippen molar-refractivity contribution in [2.24, 2.45) is 0 Å². The summed E-state index contributed by atoms with van der Waals surface area (Å²) in [6.07, 6.45) is 0. The molecule has 29 heavy (non-hydrogen) atoms. The molecule has 11 heteroatoms. The summed E-state index contributed by atoms with van der Waals surface area (Å²) in [5, 5.41) is 9.59. The zero-order valence-corrected chi connectivity index (χ0v) is 17.3. The summed E-state index contributed by atoms with van der Waals surface area (Å²) in [5.41, 5.74) is 1.73. The first-order valence-electron chi connectivity index (χ1n) is 8.51. The second-order valence-electron chi connectivity index (χ2n) is 6.30. The van der Waals surface area contributed by atoms with Gasteiger partial charge in [-0.1, -0.05) is 41.4 Å². The summed E-state index contributed by atoms with van der Waals surface area (Å²) in [5.74, 6) is -1.37. The molecule has 2 aromatic rings. The molecule has 2 N–H and O–H groups in total. The Morgan fingerprint density at radius 1 is 1.03 bits per heavy atom. The number of hydroxylamine groups is 1. The van der Waals surface area contributed by atoms with Crippen molar-refractivity contribution in [2.75, 3.05) is 19.6 Å². The third-order valence-electron chi connectivity index (χ3n) is 4.55. The van der Waals surface area contributed by atoms with Crippen molar-refractivity contribution in [3.63, 3.8) is 0 Å². The highest BCUT2D eigenvalue weighted by Gasteiger charge is 2.41. The van der Waals surface area contributed by atoms with Gasteiger partial charge in [0.2, 0.25) is 10.0 Å². The maximum atomic E-state index is 13.0.